The Morgan fingerprint density at radius 1 is 1.20 bits per heavy atom. The first-order valence-corrected chi connectivity index (χ1v) is 13.0. The lowest BCUT2D eigenvalue weighted by atomic mass is 10.0. The molecule has 0 saturated carbocycles. The number of carbonyl (C=O) groups excluding carboxylic acids is 2. The third-order valence-electron chi connectivity index (χ3n) is 6.08. The van der Waals surface area contributed by atoms with E-state index in [1.165, 1.54) is 35.3 Å². The van der Waals surface area contributed by atoms with Crippen LogP contribution in [0.25, 0.3) is 0 Å². The van der Waals surface area contributed by atoms with Crippen molar-refractivity contribution in [2.45, 2.75) is 68.8 Å². The second-order valence-corrected chi connectivity index (χ2v) is 9.92. The zero-order valence-electron chi connectivity index (χ0n) is 19.5. The van der Waals surface area contributed by atoms with Gasteiger partial charge in [-0.1, -0.05) is 44.7 Å². The van der Waals surface area contributed by atoms with Crippen LogP contribution in [0, 0.1) is 0 Å². The van der Waals surface area contributed by atoms with E-state index in [-0.39, 0.29) is 17.3 Å². The summed E-state index contributed by atoms with van der Waals surface area (Å²) in [5, 5.41) is 12.0. The normalized spacial score (nSPS) is 17.3. The van der Waals surface area contributed by atoms with Crippen LogP contribution in [0.1, 0.15) is 67.0 Å². The lowest BCUT2D eigenvalue weighted by molar-refractivity contribution is -0.142. The molecule has 1 amide bonds. The second-order valence-electron chi connectivity index (χ2n) is 8.53. The van der Waals surface area contributed by atoms with Crippen molar-refractivity contribution in [3.8, 4) is 0 Å². The van der Waals surface area contributed by atoms with Gasteiger partial charge in [-0.25, -0.2) is 4.98 Å². The second kappa shape index (κ2) is 11.6. The maximum Gasteiger partial charge on any atom is 0.320 e. The number of benzene rings is 1. The Kier molecular flexibility index (Phi) is 8.76. The molecule has 1 aliphatic heterocycles. The summed E-state index contributed by atoms with van der Waals surface area (Å²) in [6.07, 6.45) is 7.98. The van der Waals surface area contributed by atoms with Crippen LogP contribution in [0.15, 0.2) is 41.7 Å². The van der Waals surface area contributed by atoms with Crippen molar-refractivity contribution < 1.29 is 32.5 Å². The van der Waals surface area contributed by atoms with Crippen LogP contribution in [-0.4, -0.2) is 68.9 Å². The Bertz CT molecular complexity index is 1180. The van der Waals surface area contributed by atoms with E-state index in [0.717, 1.165) is 31.7 Å². The van der Waals surface area contributed by atoms with Gasteiger partial charge >= 0.3 is 5.97 Å². The van der Waals surface area contributed by atoms with E-state index < -0.39 is 39.0 Å². The summed E-state index contributed by atoms with van der Waals surface area (Å²) < 4.78 is 33.7. The zero-order chi connectivity index (χ0) is 25.6. The molecule has 0 aliphatic carbocycles. The van der Waals surface area contributed by atoms with Gasteiger partial charge in [-0.3, -0.25) is 28.4 Å². The van der Waals surface area contributed by atoms with E-state index in [0.29, 0.717) is 25.8 Å². The molecule has 3 rings (SSSR count). The van der Waals surface area contributed by atoms with Gasteiger partial charge in [0.25, 0.3) is 16.0 Å². The van der Waals surface area contributed by atoms with Crippen molar-refractivity contribution in [2.75, 3.05) is 11.9 Å². The standard InChI is InChI=1S/C23H30N4O7S/c1-2-3-4-5-10-17(27-13-8-11-18(27)23(30)31)22(29)26-14-20(24-15-26)25-21(28)16-9-6-7-12-19(16)35(32,33)34/h6-7,9,12,14-15,17-18H,2-5,8,10-11,13H2,1H3,(H,25,28)(H,30,31)(H,32,33,34)/t17?,18-/m1/s1. The number of anilines is 1. The number of carboxylic acid groups (broad SMARTS) is 1. The van der Waals surface area contributed by atoms with Crippen molar-refractivity contribution in [3.05, 3.63) is 42.4 Å². The molecule has 1 aliphatic rings. The van der Waals surface area contributed by atoms with Crippen LogP contribution < -0.4 is 5.32 Å². The van der Waals surface area contributed by atoms with Gasteiger partial charge in [-0.2, -0.15) is 8.42 Å². The molecule has 1 aromatic heterocycles. The minimum absolute atomic E-state index is 0.00873. The molecule has 0 spiro atoms. The van der Waals surface area contributed by atoms with Crippen LogP contribution in [0.5, 0.6) is 0 Å². The molecule has 0 bridgehead atoms. The highest BCUT2D eigenvalue weighted by atomic mass is 32.2. The fourth-order valence-corrected chi connectivity index (χ4v) is 5.05. The number of rotatable bonds is 11. The van der Waals surface area contributed by atoms with Crippen LogP contribution in [0.3, 0.4) is 0 Å². The molecule has 1 aromatic carbocycles. The first kappa shape index (κ1) is 26.5. The average molecular weight is 507 g/mol. The maximum atomic E-state index is 13.4. The van der Waals surface area contributed by atoms with Gasteiger partial charge in [0.1, 0.15) is 17.3 Å². The van der Waals surface area contributed by atoms with Gasteiger partial charge < -0.3 is 10.4 Å². The predicted molar refractivity (Wildman–Crippen MR) is 127 cm³/mol. The number of unbranched alkanes of at least 4 members (excludes halogenated alkanes) is 3. The largest absolute Gasteiger partial charge is 0.480 e. The molecule has 11 nitrogen and oxygen atoms in total. The lowest BCUT2D eigenvalue weighted by Gasteiger charge is -2.30. The van der Waals surface area contributed by atoms with E-state index in [2.05, 4.69) is 17.2 Å². The highest BCUT2D eigenvalue weighted by Crippen LogP contribution is 2.25. The number of nitrogens with zero attached hydrogens (tertiary/aromatic N) is 3. The molecule has 12 heteroatoms. The van der Waals surface area contributed by atoms with Crippen LogP contribution in [0.2, 0.25) is 0 Å². The molecule has 3 N–H and O–H groups in total. The Labute approximate surface area is 203 Å². The molecule has 2 atom stereocenters. The van der Waals surface area contributed by atoms with Crippen molar-refractivity contribution >= 4 is 33.7 Å². The number of hydrogen-bond acceptors (Lipinski definition) is 7. The summed E-state index contributed by atoms with van der Waals surface area (Å²) in [4.78, 5) is 43.0. The molecule has 0 radical (unpaired) electrons. The molecule has 1 unspecified atom stereocenters. The fourth-order valence-electron chi connectivity index (χ4n) is 4.37. The molecule has 2 heterocycles. The average Bonchev–Trinajstić information content (AvgIpc) is 3.48. The van der Waals surface area contributed by atoms with Crippen LogP contribution >= 0.6 is 0 Å². The first-order valence-electron chi connectivity index (χ1n) is 11.6. The fraction of sp³-hybridized carbons (Fsp3) is 0.478. The smallest absolute Gasteiger partial charge is 0.320 e. The SMILES string of the molecule is CCCCCCC(C(=O)n1cnc(NC(=O)c2ccccc2S(=O)(=O)O)c1)N1CCC[C@@H]1C(=O)O. The first-order chi connectivity index (χ1) is 16.6. The highest BCUT2D eigenvalue weighted by molar-refractivity contribution is 7.86. The molecule has 190 valence electrons. The molecule has 35 heavy (non-hydrogen) atoms. The van der Waals surface area contributed by atoms with Crippen molar-refractivity contribution in [1.82, 2.24) is 14.5 Å². The molecule has 1 saturated heterocycles. The zero-order valence-corrected chi connectivity index (χ0v) is 20.3. The predicted octanol–water partition coefficient (Wildman–Crippen LogP) is 2.91. The van der Waals surface area contributed by atoms with Gasteiger partial charge in [0, 0.05) is 0 Å². The Morgan fingerprint density at radius 3 is 2.63 bits per heavy atom. The summed E-state index contributed by atoms with van der Waals surface area (Å²) in [6, 6.07) is 3.79. The summed E-state index contributed by atoms with van der Waals surface area (Å²) >= 11 is 0. The third kappa shape index (κ3) is 6.53. The number of amides is 1. The molecular formula is C23H30N4O7S. The number of likely N-dealkylation sites (tertiary alicyclic amines) is 1. The number of imidazole rings is 1. The topological polar surface area (TPSA) is 159 Å². The van der Waals surface area contributed by atoms with Crippen molar-refractivity contribution in [3.63, 3.8) is 0 Å². The van der Waals surface area contributed by atoms with E-state index in [1.807, 2.05) is 0 Å². The number of carbonyl (C=O) groups is 3. The van der Waals surface area contributed by atoms with E-state index >= 15 is 0 Å². The van der Waals surface area contributed by atoms with Gasteiger partial charge in [0.2, 0.25) is 5.91 Å². The molecule has 2 aromatic rings. The number of aromatic nitrogens is 2. The Balaban J connectivity index is 1.79. The van der Waals surface area contributed by atoms with Gasteiger partial charge in [-0.05, 0) is 37.9 Å². The summed E-state index contributed by atoms with van der Waals surface area (Å²) in [5.41, 5.74) is -0.272. The minimum atomic E-state index is -4.62. The van der Waals surface area contributed by atoms with E-state index in [1.54, 1.807) is 4.90 Å². The number of carboxylic acids is 1. The lowest BCUT2D eigenvalue weighted by Crippen LogP contribution is -2.48. The van der Waals surface area contributed by atoms with Crippen LogP contribution in [-0.2, 0) is 14.9 Å². The molecular weight excluding hydrogens is 476 g/mol. The van der Waals surface area contributed by atoms with Crippen LogP contribution in [0.4, 0.5) is 5.82 Å². The van der Waals surface area contributed by atoms with Crippen molar-refractivity contribution in [2.24, 2.45) is 0 Å². The van der Waals surface area contributed by atoms with E-state index in [9.17, 15) is 32.5 Å². The number of nitrogens with one attached hydrogen (secondary N) is 1. The van der Waals surface area contributed by atoms with Gasteiger partial charge in [0.15, 0.2) is 5.82 Å². The molecule has 1 fully saturated rings. The summed E-state index contributed by atoms with van der Waals surface area (Å²) in [7, 11) is -4.62. The van der Waals surface area contributed by atoms with Gasteiger partial charge in [0.05, 0.1) is 17.8 Å². The third-order valence-corrected chi connectivity index (χ3v) is 7.00. The van der Waals surface area contributed by atoms with E-state index in [4.69, 9.17) is 0 Å². The Morgan fingerprint density at radius 2 is 1.94 bits per heavy atom. The number of aliphatic carboxylic acids is 1. The minimum Gasteiger partial charge on any atom is -0.480 e. The summed E-state index contributed by atoms with van der Waals surface area (Å²) in [6.45, 7) is 2.59. The maximum absolute atomic E-state index is 13.4. The highest BCUT2D eigenvalue weighted by Gasteiger charge is 2.38. The number of hydrogen-bond donors (Lipinski definition) is 3. The Hall–Kier alpha value is -3.09. The van der Waals surface area contributed by atoms with Gasteiger partial charge in [-0.15, -0.1) is 0 Å². The van der Waals surface area contributed by atoms with Crippen molar-refractivity contribution in [1.29, 1.82) is 0 Å². The monoisotopic (exact) mass is 506 g/mol. The summed E-state index contributed by atoms with van der Waals surface area (Å²) in [5.74, 6) is -2.11. The quantitative estimate of drug-likeness (QED) is 0.308.